The van der Waals surface area contributed by atoms with Crippen LogP contribution in [-0.4, -0.2) is 18.4 Å². The van der Waals surface area contributed by atoms with Crippen LogP contribution in [-0.2, 0) is 16.1 Å². The van der Waals surface area contributed by atoms with Crippen molar-refractivity contribution < 1.29 is 9.59 Å². The Morgan fingerprint density at radius 1 is 1.25 bits per heavy atom. The smallest absolute Gasteiger partial charge is 0.227 e. The van der Waals surface area contributed by atoms with Gasteiger partial charge in [-0.3, -0.25) is 9.59 Å². The van der Waals surface area contributed by atoms with E-state index in [4.69, 9.17) is 11.6 Å². The summed E-state index contributed by atoms with van der Waals surface area (Å²) in [5, 5.41) is 3.53. The van der Waals surface area contributed by atoms with Gasteiger partial charge in [0.1, 0.15) is 0 Å². The van der Waals surface area contributed by atoms with Crippen LogP contribution in [0.5, 0.6) is 0 Å². The van der Waals surface area contributed by atoms with Gasteiger partial charge in [0.05, 0.1) is 5.92 Å². The molecule has 5 heteroatoms. The van der Waals surface area contributed by atoms with Crippen molar-refractivity contribution >= 4 is 29.1 Å². The molecule has 2 amide bonds. The third-order valence-electron chi connectivity index (χ3n) is 4.27. The lowest BCUT2D eigenvalue weighted by Gasteiger charge is -2.17. The third-order valence-corrected chi connectivity index (χ3v) is 4.68. The minimum Gasteiger partial charge on any atom is -0.352 e. The Morgan fingerprint density at radius 3 is 2.71 bits per heavy atom. The molecule has 1 aliphatic heterocycles. The molecule has 0 unspecified atom stereocenters. The SMILES string of the molecule is Cc1ccc(N2C[C@@H](C(=O)NCc3ccccc3)CC2=O)cc1Cl. The Balaban J connectivity index is 1.63. The minimum atomic E-state index is -0.332. The lowest BCUT2D eigenvalue weighted by Crippen LogP contribution is -2.32. The normalized spacial score (nSPS) is 17.2. The molecule has 0 bridgehead atoms. The van der Waals surface area contributed by atoms with Crippen molar-refractivity contribution in [3.8, 4) is 0 Å². The molecule has 1 aliphatic rings. The second kappa shape index (κ2) is 7.05. The Morgan fingerprint density at radius 2 is 2.00 bits per heavy atom. The van der Waals surface area contributed by atoms with E-state index in [1.54, 1.807) is 11.0 Å². The Bertz CT molecular complexity index is 761. The molecule has 1 N–H and O–H groups in total. The summed E-state index contributed by atoms with van der Waals surface area (Å²) >= 11 is 6.14. The van der Waals surface area contributed by atoms with Crippen LogP contribution in [0.15, 0.2) is 48.5 Å². The van der Waals surface area contributed by atoms with Gasteiger partial charge >= 0.3 is 0 Å². The first-order chi connectivity index (χ1) is 11.5. The van der Waals surface area contributed by atoms with Gasteiger partial charge in [0.15, 0.2) is 0 Å². The summed E-state index contributed by atoms with van der Waals surface area (Å²) in [4.78, 5) is 26.2. The highest BCUT2D eigenvalue weighted by Gasteiger charge is 2.35. The summed E-state index contributed by atoms with van der Waals surface area (Å²) in [5.41, 5.74) is 2.75. The zero-order valence-electron chi connectivity index (χ0n) is 13.5. The average molecular weight is 343 g/mol. The van der Waals surface area contributed by atoms with Crippen molar-refractivity contribution in [3.05, 3.63) is 64.7 Å². The lowest BCUT2D eigenvalue weighted by molar-refractivity contribution is -0.126. The predicted molar refractivity (Wildman–Crippen MR) is 94.9 cm³/mol. The van der Waals surface area contributed by atoms with Crippen LogP contribution in [0.3, 0.4) is 0 Å². The fourth-order valence-electron chi connectivity index (χ4n) is 2.81. The average Bonchev–Trinajstić information content (AvgIpc) is 2.98. The van der Waals surface area contributed by atoms with Crippen molar-refractivity contribution in [2.24, 2.45) is 5.92 Å². The van der Waals surface area contributed by atoms with Crippen molar-refractivity contribution in [1.82, 2.24) is 5.32 Å². The third kappa shape index (κ3) is 3.60. The van der Waals surface area contributed by atoms with E-state index in [1.807, 2.05) is 49.4 Å². The summed E-state index contributed by atoms with van der Waals surface area (Å²) in [6.07, 6.45) is 0.228. The van der Waals surface area contributed by atoms with Gasteiger partial charge in [-0.15, -0.1) is 0 Å². The van der Waals surface area contributed by atoms with E-state index in [-0.39, 0.29) is 24.2 Å². The fraction of sp³-hybridized carbons (Fsp3) is 0.263. The number of carbonyl (C=O) groups is 2. The number of hydrogen-bond donors (Lipinski definition) is 1. The molecule has 0 aliphatic carbocycles. The van der Waals surface area contributed by atoms with Crippen molar-refractivity contribution in [3.63, 3.8) is 0 Å². The molecular weight excluding hydrogens is 324 g/mol. The van der Waals surface area contributed by atoms with Gasteiger partial charge in [0, 0.05) is 30.2 Å². The van der Waals surface area contributed by atoms with Crippen molar-refractivity contribution in [2.45, 2.75) is 19.9 Å². The largest absolute Gasteiger partial charge is 0.352 e. The summed E-state index contributed by atoms with van der Waals surface area (Å²) < 4.78 is 0. The first-order valence-corrected chi connectivity index (χ1v) is 8.30. The molecule has 0 spiro atoms. The molecule has 4 nitrogen and oxygen atoms in total. The molecule has 0 radical (unpaired) electrons. The quantitative estimate of drug-likeness (QED) is 0.926. The van der Waals surface area contributed by atoms with Gasteiger partial charge in [-0.1, -0.05) is 48.0 Å². The minimum absolute atomic E-state index is 0.0465. The molecule has 1 saturated heterocycles. The van der Waals surface area contributed by atoms with E-state index in [0.29, 0.717) is 18.1 Å². The monoisotopic (exact) mass is 342 g/mol. The van der Waals surface area contributed by atoms with Crippen LogP contribution in [0.2, 0.25) is 5.02 Å². The number of carbonyl (C=O) groups excluding carboxylic acids is 2. The first-order valence-electron chi connectivity index (χ1n) is 7.93. The van der Waals surface area contributed by atoms with E-state index >= 15 is 0 Å². The maximum Gasteiger partial charge on any atom is 0.227 e. The molecule has 0 aromatic heterocycles. The molecule has 1 heterocycles. The second-order valence-electron chi connectivity index (χ2n) is 6.04. The van der Waals surface area contributed by atoms with Gasteiger partial charge in [-0.2, -0.15) is 0 Å². The van der Waals surface area contributed by atoms with Crippen molar-refractivity contribution in [2.75, 3.05) is 11.4 Å². The molecule has 1 atom stereocenters. The highest BCUT2D eigenvalue weighted by atomic mass is 35.5. The Kier molecular flexibility index (Phi) is 4.86. The van der Waals surface area contributed by atoms with E-state index < -0.39 is 0 Å². The van der Waals surface area contributed by atoms with Crippen LogP contribution in [0.25, 0.3) is 0 Å². The Hall–Kier alpha value is -2.33. The number of aryl methyl sites for hydroxylation is 1. The summed E-state index contributed by atoms with van der Waals surface area (Å²) in [6.45, 7) is 2.78. The van der Waals surface area contributed by atoms with E-state index in [9.17, 15) is 9.59 Å². The number of hydrogen-bond acceptors (Lipinski definition) is 2. The number of halogens is 1. The van der Waals surface area contributed by atoms with Crippen LogP contribution in [0.1, 0.15) is 17.5 Å². The molecule has 0 saturated carbocycles. The van der Waals surface area contributed by atoms with Gasteiger partial charge in [0.2, 0.25) is 11.8 Å². The first kappa shape index (κ1) is 16.5. The van der Waals surface area contributed by atoms with Gasteiger partial charge < -0.3 is 10.2 Å². The van der Waals surface area contributed by atoms with Gasteiger partial charge in [-0.05, 0) is 30.2 Å². The molecular formula is C19H19ClN2O2. The number of anilines is 1. The zero-order valence-corrected chi connectivity index (χ0v) is 14.2. The lowest BCUT2D eigenvalue weighted by atomic mass is 10.1. The topological polar surface area (TPSA) is 49.4 Å². The maximum atomic E-state index is 12.3. The molecule has 2 aromatic carbocycles. The van der Waals surface area contributed by atoms with Gasteiger partial charge in [0.25, 0.3) is 0 Å². The molecule has 3 rings (SSSR count). The Labute approximate surface area is 146 Å². The summed E-state index contributed by atoms with van der Waals surface area (Å²) in [5.74, 6) is -0.469. The number of nitrogens with one attached hydrogen (secondary N) is 1. The maximum absolute atomic E-state index is 12.3. The summed E-state index contributed by atoms with van der Waals surface area (Å²) in [7, 11) is 0. The van der Waals surface area contributed by atoms with Crippen LogP contribution < -0.4 is 10.2 Å². The molecule has 2 aromatic rings. The highest BCUT2D eigenvalue weighted by Crippen LogP contribution is 2.28. The van der Waals surface area contributed by atoms with Crippen LogP contribution >= 0.6 is 11.6 Å². The number of benzene rings is 2. The van der Waals surface area contributed by atoms with Crippen LogP contribution in [0, 0.1) is 12.8 Å². The molecule has 124 valence electrons. The summed E-state index contributed by atoms with van der Waals surface area (Å²) in [6, 6.07) is 15.2. The highest BCUT2D eigenvalue weighted by molar-refractivity contribution is 6.31. The zero-order chi connectivity index (χ0) is 17.1. The standard InChI is InChI=1S/C19H19ClN2O2/c1-13-7-8-16(10-17(13)20)22-12-15(9-18(22)23)19(24)21-11-14-5-3-2-4-6-14/h2-8,10,15H,9,11-12H2,1H3,(H,21,24)/t15-/m0/s1. The van der Waals surface area contributed by atoms with Crippen molar-refractivity contribution in [1.29, 1.82) is 0 Å². The van der Waals surface area contributed by atoms with Gasteiger partial charge in [-0.25, -0.2) is 0 Å². The number of nitrogens with zero attached hydrogens (tertiary/aromatic N) is 1. The second-order valence-corrected chi connectivity index (χ2v) is 6.45. The molecule has 1 fully saturated rings. The molecule has 24 heavy (non-hydrogen) atoms. The van der Waals surface area contributed by atoms with E-state index in [0.717, 1.165) is 16.8 Å². The number of rotatable bonds is 4. The fourth-order valence-corrected chi connectivity index (χ4v) is 2.99. The number of amides is 2. The predicted octanol–water partition coefficient (Wildman–Crippen LogP) is 3.32. The van der Waals surface area contributed by atoms with E-state index in [1.165, 1.54) is 0 Å². The van der Waals surface area contributed by atoms with Crippen LogP contribution in [0.4, 0.5) is 5.69 Å². The van der Waals surface area contributed by atoms with E-state index in [2.05, 4.69) is 5.32 Å².